The summed E-state index contributed by atoms with van der Waals surface area (Å²) in [5.41, 5.74) is 3.02. The van der Waals surface area contributed by atoms with Crippen LogP contribution in [-0.2, 0) is 22.5 Å². The Morgan fingerprint density at radius 1 is 1.00 bits per heavy atom. The number of morpholine rings is 1. The molecule has 0 aliphatic carbocycles. The number of benzene rings is 2. The van der Waals surface area contributed by atoms with Crippen LogP contribution in [0.5, 0.6) is 5.88 Å². The summed E-state index contributed by atoms with van der Waals surface area (Å²) in [6.07, 6.45) is 0.268. The van der Waals surface area contributed by atoms with E-state index >= 15 is 0 Å². The Hall–Kier alpha value is -3.29. The second-order valence-electron chi connectivity index (χ2n) is 7.93. The van der Waals surface area contributed by atoms with Crippen LogP contribution in [0, 0.1) is 5.95 Å². The second-order valence-corrected chi connectivity index (χ2v) is 7.93. The molecule has 0 radical (unpaired) electrons. The van der Waals surface area contributed by atoms with E-state index in [2.05, 4.69) is 15.2 Å². The van der Waals surface area contributed by atoms with E-state index in [1.165, 1.54) is 0 Å². The van der Waals surface area contributed by atoms with Gasteiger partial charge < -0.3 is 14.8 Å². The van der Waals surface area contributed by atoms with Crippen molar-refractivity contribution in [2.45, 2.75) is 13.0 Å². The molecular weight excluding hydrogens is 421 g/mol. The van der Waals surface area contributed by atoms with Gasteiger partial charge >= 0.3 is 0 Å². The third-order valence-electron chi connectivity index (χ3n) is 5.55. The molecule has 1 N–H and O–H groups in total. The predicted molar refractivity (Wildman–Crippen MR) is 124 cm³/mol. The van der Waals surface area contributed by atoms with Gasteiger partial charge in [0.2, 0.25) is 17.7 Å². The molecule has 3 aromatic rings. The van der Waals surface area contributed by atoms with Gasteiger partial charge in [-0.15, -0.1) is 0 Å². The molecule has 172 valence electrons. The number of aromatic nitrogens is 1. The van der Waals surface area contributed by atoms with Gasteiger partial charge in [-0.1, -0.05) is 54.6 Å². The topological polar surface area (TPSA) is 63.7 Å². The van der Waals surface area contributed by atoms with Gasteiger partial charge in [0.1, 0.15) is 6.61 Å². The van der Waals surface area contributed by atoms with E-state index in [4.69, 9.17) is 9.47 Å². The maximum atomic E-state index is 14.6. The Morgan fingerprint density at radius 2 is 1.76 bits per heavy atom. The molecule has 1 aliphatic rings. The number of rotatable bonds is 9. The molecule has 0 unspecified atom stereocenters. The molecule has 0 saturated carbocycles. The normalized spacial score (nSPS) is 14.1. The van der Waals surface area contributed by atoms with Gasteiger partial charge in [-0.3, -0.25) is 9.69 Å². The fourth-order valence-electron chi connectivity index (χ4n) is 3.66. The van der Waals surface area contributed by atoms with Crippen LogP contribution in [0.1, 0.15) is 11.1 Å². The molecule has 0 bridgehead atoms. The first-order valence-corrected chi connectivity index (χ1v) is 11.2. The smallest absolute Gasteiger partial charge is 0.224 e. The van der Waals surface area contributed by atoms with Crippen molar-refractivity contribution in [3.8, 4) is 17.0 Å². The number of ether oxygens (including phenoxy) is 2. The van der Waals surface area contributed by atoms with Crippen LogP contribution in [-0.4, -0.2) is 55.2 Å². The van der Waals surface area contributed by atoms with Crippen LogP contribution in [0.3, 0.4) is 0 Å². The van der Waals surface area contributed by atoms with Gasteiger partial charge in [0, 0.05) is 37.8 Å². The minimum Gasteiger partial charge on any atom is -0.476 e. The molecule has 2 aromatic carbocycles. The van der Waals surface area contributed by atoms with Crippen molar-refractivity contribution < 1.29 is 18.7 Å². The number of amides is 1. The molecule has 33 heavy (non-hydrogen) atoms. The van der Waals surface area contributed by atoms with E-state index in [1.807, 2.05) is 42.5 Å². The van der Waals surface area contributed by atoms with Gasteiger partial charge in [-0.25, -0.2) is 0 Å². The fraction of sp³-hybridized carbons (Fsp3) is 0.308. The van der Waals surface area contributed by atoms with Crippen molar-refractivity contribution in [2.75, 3.05) is 39.5 Å². The summed E-state index contributed by atoms with van der Waals surface area (Å²) in [5, 5.41) is 2.91. The first-order chi connectivity index (χ1) is 16.2. The zero-order chi connectivity index (χ0) is 22.9. The van der Waals surface area contributed by atoms with E-state index in [1.54, 1.807) is 24.3 Å². The third kappa shape index (κ3) is 6.84. The molecule has 1 aromatic heterocycles. The molecule has 4 rings (SSSR count). The largest absolute Gasteiger partial charge is 0.476 e. The van der Waals surface area contributed by atoms with Crippen LogP contribution in [0.2, 0.25) is 0 Å². The molecule has 0 spiro atoms. The molecule has 7 heteroatoms. The Kier molecular flexibility index (Phi) is 8.00. The lowest BCUT2D eigenvalue weighted by atomic mass is 10.0. The highest BCUT2D eigenvalue weighted by atomic mass is 19.1. The summed E-state index contributed by atoms with van der Waals surface area (Å²) in [4.78, 5) is 18.4. The van der Waals surface area contributed by atoms with E-state index in [9.17, 15) is 9.18 Å². The van der Waals surface area contributed by atoms with Gasteiger partial charge in [-0.05, 0) is 22.8 Å². The first kappa shape index (κ1) is 22.9. The summed E-state index contributed by atoms with van der Waals surface area (Å²) in [7, 11) is 0. The van der Waals surface area contributed by atoms with Crippen LogP contribution >= 0.6 is 0 Å². The van der Waals surface area contributed by atoms with E-state index in [0.29, 0.717) is 24.3 Å². The van der Waals surface area contributed by atoms with Crippen molar-refractivity contribution in [1.82, 2.24) is 15.2 Å². The molecule has 1 aliphatic heterocycles. The lowest BCUT2D eigenvalue weighted by Crippen LogP contribution is -2.38. The number of carbonyl (C=O) groups excluding carboxylic acids is 1. The minimum absolute atomic E-state index is 0.0574. The highest BCUT2D eigenvalue weighted by Crippen LogP contribution is 2.24. The number of hydrogen-bond donors (Lipinski definition) is 1. The minimum atomic E-state index is -0.577. The summed E-state index contributed by atoms with van der Waals surface area (Å²) < 4.78 is 25.6. The van der Waals surface area contributed by atoms with Crippen molar-refractivity contribution in [2.24, 2.45) is 0 Å². The molecular formula is C26H28FN3O3. The summed E-state index contributed by atoms with van der Waals surface area (Å²) in [5.74, 6) is -0.360. The molecule has 0 atom stereocenters. The van der Waals surface area contributed by atoms with Crippen LogP contribution in [0.4, 0.5) is 4.39 Å². The SMILES string of the molecule is O=C(Cc1ccc(-c2ccc(OCCN3CCOCC3)nc2F)cc1)NCc1ccccc1. The zero-order valence-electron chi connectivity index (χ0n) is 18.5. The van der Waals surface area contributed by atoms with Gasteiger partial charge in [0.25, 0.3) is 0 Å². The number of hydrogen-bond acceptors (Lipinski definition) is 5. The number of nitrogens with zero attached hydrogens (tertiary/aromatic N) is 2. The highest BCUT2D eigenvalue weighted by Gasteiger charge is 2.12. The lowest BCUT2D eigenvalue weighted by Gasteiger charge is -2.26. The maximum Gasteiger partial charge on any atom is 0.224 e. The monoisotopic (exact) mass is 449 g/mol. The molecule has 1 saturated heterocycles. The number of halogens is 1. The number of carbonyl (C=O) groups is 1. The van der Waals surface area contributed by atoms with Gasteiger partial charge in [0.15, 0.2) is 0 Å². The van der Waals surface area contributed by atoms with Crippen molar-refractivity contribution in [3.05, 3.63) is 83.8 Å². The van der Waals surface area contributed by atoms with E-state index in [-0.39, 0.29) is 18.2 Å². The average molecular weight is 450 g/mol. The average Bonchev–Trinajstić information content (AvgIpc) is 2.85. The Balaban J connectivity index is 1.28. The third-order valence-corrected chi connectivity index (χ3v) is 5.55. The number of nitrogens with one attached hydrogen (secondary N) is 1. The molecule has 1 fully saturated rings. The maximum absolute atomic E-state index is 14.6. The summed E-state index contributed by atoms with van der Waals surface area (Å²) >= 11 is 0. The van der Waals surface area contributed by atoms with Gasteiger partial charge in [-0.2, -0.15) is 9.37 Å². The Bertz CT molecular complexity index is 1040. The number of pyridine rings is 1. The van der Waals surface area contributed by atoms with Crippen LogP contribution in [0.25, 0.3) is 11.1 Å². The lowest BCUT2D eigenvalue weighted by molar-refractivity contribution is -0.120. The standard InChI is InChI=1S/C26H28FN3O3/c27-26-23(10-11-25(29-26)33-17-14-30-12-15-32-16-13-30)22-8-6-20(7-9-22)18-24(31)28-19-21-4-2-1-3-5-21/h1-11H,12-19H2,(H,28,31). The summed E-state index contributed by atoms with van der Waals surface area (Å²) in [6, 6.07) is 20.4. The van der Waals surface area contributed by atoms with Crippen molar-refractivity contribution in [3.63, 3.8) is 0 Å². The van der Waals surface area contributed by atoms with E-state index < -0.39 is 5.95 Å². The zero-order valence-corrected chi connectivity index (χ0v) is 18.5. The second kappa shape index (κ2) is 11.5. The van der Waals surface area contributed by atoms with Gasteiger partial charge in [0.05, 0.1) is 19.6 Å². The van der Waals surface area contributed by atoms with Crippen LogP contribution in [0.15, 0.2) is 66.7 Å². The predicted octanol–water partition coefficient (Wildman–Crippen LogP) is 3.46. The van der Waals surface area contributed by atoms with Crippen LogP contribution < -0.4 is 10.1 Å². The highest BCUT2D eigenvalue weighted by molar-refractivity contribution is 5.78. The molecule has 1 amide bonds. The Labute approximate surface area is 193 Å². The fourth-order valence-corrected chi connectivity index (χ4v) is 3.66. The Morgan fingerprint density at radius 3 is 2.48 bits per heavy atom. The molecule has 6 nitrogen and oxygen atoms in total. The molecule has 2 heterocycles. The van der Waals surface area contributed by atoms with E-state index in [0.717, 1.165) is 44.0 Å². The summed E-state index contributed by atoms with van der Waals surface area (Å²) in [6.45, 7) is 4.94. The van der Waals surface area contributed by atoms with Crippen molar-refractivity contribution >= 4 is 5.91 Å². The van der Waals surface area contributed by atoms with Crippen molar-refractivity contribution in [1.29, 1.82) is 0 Å². The quantitative estimate of drug-likeness (QED) is 0.507. The first-order valence-electron chi connectivity index (χ1n) is 11.2.